The maximum atomic E-state index is 10.2. The fourth-order valence-electron chi connectivity index (χ4n) is 10.1. The molecule has 3 aliphatic heterocycles. The Bertz CT molecular complexity index is 3780. The lowest BCUT2D eigenvalue weighted by molar-refractivity contribution is -0.997. The molecule has 306 valence electrons. The second kappa shape index (κ2) is 13.0. The lowest BCUT2D eigenvalue weighted by Crippen LogP contribution is -2.78. The van der Waals surface area contributed by atoms with Gasteiger partial charge in [-0.2, -0.15) is 4.57 Å². The number of pyridine rings is 1. The number of nitrogens with zero attached hydrogens (tertiary/aromatic N) is 3. The molecular weight excluding hydrogens is 767 g/mol. The maximum absolute atomic E-state index is 10.2. The van der Waals surface area contributed by atoms with E-state index in [0.717, 1.165) is 72.6 Å². The van der Waals surface area contributed by atoms with Gasteiger partial charge in [0, 0.05) is 28.8 Å². The van der Waals surface area contributed by atoms with Crippen LogP contribution in [0.1, 0.15) is 79.0 Å². The van der Waals surface area contributed by atoms with Crippen LogP contribution in [-0.4, -0.2) is 4.57 Å². The summed E-state index contributed by atoms with van der Waals surface area (Å²) in [5, 5.41) is 0. The van der Waals surface area contributed by atoms with Crippen LogP contribution in [0.5, 0.6) is 5.75 Å². The van der Waals surface area contributed by atoms with Crippen molar-refractivity contribution < 1.29 is 23.5 Å². The Morgan fingerprint density at radius 3 is 2.00 bits per heavy atom. The number of fused-ring (bicyclic) bond motifs is 5. The SMILES string of the molecule is [2H]c1c([2H])c(-c2c([2H])c([2H])[n+]3c(c2[2H])-c2cc(C(C)(C)C)cc4c2C32Oc3ccccc3-c3n(-c5cc(-c6ccccc6)c(C)cc5-c5ccc(C(C)(C)C)cc5)c5cccc-4c5[n+]32)c([2H])c([2H])c1C. The monoisotopic (exact) mass is 824 g/mol. The van der Waals surface area contributed by atoms with Crippen LogP contribution >= 0.6 is 0 Å². The Morgan fingerprint density at radius 2 is 1.25 bits per heavy atom. The van der Waals surface area contributed by atoms with Gasteiger partial charge in [-0.15, -0.1) is 9.13 Å². The summed E-state index contributed by atoms with van der Waals surface area (Å²) in [6, 6.07) is 40.8. The normalized spacial score (nSPS) is 17.0. The molecule has 4 heteroatoms. The minimum Gasteiger partial charge on any atom is -0.392 e. The Balaban J connectivity index is 1.28. The summed E-state index contributed by atoms with van der Waals surface area (Å²) in [6.45, 7) is 16.8. The molecule has 63 heavy (non-hydrogen) atoms. The molecule has 3 aliphatic rings. The third-order valence-electron chi connectivity index (χ3n) is 13.3. The van der Waals surface area contributed by atoms with Crippen LogP contribution in [0.25, 0.3) is 83.9 Å². The van der Waals surface area contributed by atoms with Gasteiger partial charge < -0.3 is 4.74 Å². The number of aromatic nitrogens is 3. The number of hydrogen-bond donors (Lipinski definition) is 0. The first-order valence-corrected chi connectivity index (χ1v) is 21.8. The van der Waals surface area contributed by atoms with Gasteiger partial charge >= 0.3 is 11.7 Å². The minimum absolute atomic E-state index is 0.0437. The average Bonchev–Trinajstić information content (AvgIpc) is 3.84. The van der Waals surface area contributed by atoms with Gasteiger partial charge in [-0.1, -0.05) is 144 Å². The van der Waals surface area contributed by atoms with Crippen molar-refractivity contribution in [1.29, 1.82) is 0 Å². The molecule has 1 atom stereocenters. The molecule has 9 aromatic rings. The Labute approximate surface area is 380 Å². The van der Waals surface area contributed by atoms with E-state index in [2.05, 4.69) is 155 Å². The molecule has 0 saturated heterocycles. The number of hydrogen-bond acceptors (Lipinski definition) is 1. The molecule has 0 radical (unpaired) electrons. The summed E-state index contributed by atoms with van der Waals surface area (Å²) < 4.78 is 80.0. The van der Waals surface area contributed by atoms with Crippen LogP contribution < -0.4 is 13.9 Å². The number of aryl methyl sites for hydroxylation is 1. The summed E-state index contributed by atoms with van der Waals surface area (Å²) in [5.74, 6) is -0.336. The minimum atomic E-state index is -1.68. The standard InChI is InChI=1S/C59H51N3O/c1-36-21-23-38(24-22-36)41-29-30-60-51(32-41)49-34-43(58(6,7)8)33-48-44-18-14-19-50-55(44)62-56(45-17-12-13-20-53(45)63-59(60,62)54(48)49)61(50)52-35-46(39-15-10-9-11-16-39)37(2)31-47(52)40-25-27-42(28-26-40)57(3,4)5/h9-35H,1-8H3/q+2/i21D,22D,23D,24D,29D,30D,32D. The van der Waals surface area contributed by atoms with E-state index in [-0.39, 0.29) is 63.9 Å². The number of ether oxygens (including phenoxy) is 1. The van der Waals surface area contributed by atoms with Crippen LogP contribution in [0, 0.1) is 13.8 Å². The van der Waals surface area contributed by atoms with Crippen molar-refractivity contribution in [3.63, 3.8) is 0 Å². The highest BCUT2D eigenvalue weighted by atomic mass is 16.5. The fraction of sp³-hybridized carbons (Fsp3) is 0.186. The zero-order valence-corrected chi connectivity index (χ0v) is 36.8. The van der Waals surface area contributed by atoms with Gasteiger partial charge in [-0.05, 0) is 118 Å². The number of benzene rings is 7. The lowest BCUT2D eigenvalue weighted by atomic mass is 9.80. The van der Waals surface area contributed by atoms with Crippen molar-refractivity contribution >= 4 is 11.0 Å². The number of rotatable bonds is 4. The van der Waals surface area contributed by atoms with Crippen molar-refractivity contribution in [3.8, 4) is 78.6 Å². The molecule has 1 spiro atoms. The lowest BCUT2D eigenvalue weighted by Gasteiger charge is -2.33. The molecule has 1 unspecified atom stereocenters. The van der Waals surface area contributed by atoms with E-state index in [9.17, 15) is 4.11 Å². The van der Waals surface area contributed by atoms with Gasteiger partial charge in [-0.25, -0.2) is 0 Å². The molecule has 0 amide bonds. The van der Waals surface area contributed by atoms with Crippen LogP contribution in [-0.2, 0) is 16.7 Å². The van der Waals surface area contributed by atoms with E-state index in [1.165, 1.54) is 12.5 Å². The zero-order valence-electron chi connectivity index (χ0n) is 43.8. The van der Waals surface area contributed by atoms with Gasteiger partial charge in [0.2, 0.25) is 5.69 Å². The molecule has 7 aromatic carbocycles. The smallest absolute Gasteiger partial charge is 0.392 e. The third kappa shape index (κ3) is 5.34. The summed E-state index contributed by atoms with van der Waals surface area (Å²) in [7, 11) is 0. The quantitative estimate of drug-likeness (QED) is 0.162. The second-order valence-electron chi connectivity index (χ2n) is 19.4. The van der Waals surface area contributed by atoms with E-state index in [0.29, 0.717) is 22.6 Å². The van der Waals surface area contributed by atoms with Crippen molar-refractivity contribution in [2.45, 2.75) is 72.1 Å². The van der Waals surface area contributed by atoms with Crippen molar-refractivity contribution in [1.82, 2.24) is 4.57 Å². The molecule has 0 N–H and O–H groups in total. The molecule has 4 nitrogen and oxygen atoms in total. The van der Waals surface area contributed by atoms with Gasteiger partial charge in [0.15, 0.2) is 17.2 Å². The molecule has 0 saturated carbocycles. The highest BCUT2D eigenvalue weighted by Gasteiger charge is 2.68. The summed E-state index contributed by atoms with van der Waals surface area (Å²) in [4.78, 5) is 0. The van der Waals surface area contributed by atoms with Crippen LogP contribution in [0.15, 0.2) is 164 Å². The first-order valence-electron chi connectivity index (χ1n) is 25.3. The second-order valence-corrected chi connectivity index (χ2v) is 19.4. The summed E-state index contributed by atoms with van der Waals surface area (Å²) >= 11 is 0. The molecule has 12 rings (SSSR count). The van der Waals surface area contributed by atoms with Gasteiger partial charge in [0.1, 0.15) is 23.9 Å². The van der Waals surface area contributed by atoms with Crippen LogP contribution in [0.3, 0.4) is 0 Å². The predicted molar refractivity (Wildman–Crippen MR) is 256 cm³/mol. The fourth-order valence-corrected chi connectivity index (χ4v) is 10.1. The number of imidazole rings is 1. The summed E-state index contributed by atoms with van der Waals surface area (Å²) in [6.07, 6.45) is -0.294. The van der Waals surface area contributed by atoms with E-state index in [1.54, 1.807) is 4.57 Å². The topological polar surface area (TPSA) is 21.9 Å². The van der Waals surface area contributed by atoms with Gasteiger partial charge in [0.05, 0.1) is 13.8 Å². The maximum Gasteiger partial charge on any atom is 0.499 e. The third-order valence-corrected chi connectivity index (χ3v) is 13.3. The van der Waals surface area contributed by atoms with Crippen molar-refractivity contribution in [2.75, 3.05) is 0 Å². The largest absolute Gasteiger partial charge is 0.499 e. The van der Waals surface area contributed by atoms with Gasteiger partial charge in [0.25, 0.3) is 0 Å². The Hall–Kier alpha value is -7.04. The molecule has 0 aliphatic carbocycles. The van der Waals surface area contributed by atoms with E-state index in [4.69, 9.17) is 10.2 Å². The molecule has 0 fully saturated rings. The Kier molecular flexibility index (Phi) is 6.38. The Morgan fingerprint density at radius 1 is 0.571 bits per heavy atom. The molecular formula is C59H51N3O+2. The van der Waals surface area contributed by atoms with E-state index < -0.39 is 11.9 Å². The van der Waals surface area contributed by atoms with Crippen molar-refractivity contribution in [2.24, 2.45) is 0 Å². The summed E-state index contributed by atoms with van der Waals surface area (Å²) in [5.41, 5.74) is 14.0. The molecule has 0 bridgehead atoms. The highest BCUT2D eigenvalue weighted by molar-refractivity contribution is 5.99. The first-order chi connectivity index (χ1) is 33.2. The average molecular weight is 825 g/mol. The van der Waals surface area contributed by atoms with Crippen molar-refractivity contribution in [3.05, 3.63) is 192 Å². The van der Waals surface area contributed by atoms with E-state index >= 15 is 0 Å². The molecule has 2 aromatic heterocycles. The highest BCUT2D eigenvalue weighted by Crippen LogP contribution is 2.54. The zero-order chi connectivity index (χ0) is 49.2. The van der Waals surface area contributed by atoms with Crippen LogP contribution in [0.2, 0.25) is 0 Å². The van der Waals surface area contributed by atoms with E-state index in [1.807, 2.05) is 24.3 Å². The molecule has 5 heterocycles. The first kappa shape index (κ1) is 30.9. The number of para-hydroxylation sites is 2. The van der Waals surface area contributed by atoms with Crippen LogP contribution in [0.4, 0.5) is 0 Å². The predicted octanol–water partition coefficient (Wildman–Crippen LogP) is 13.6. The van der Waals surface area contributed by atoms with Gasteiger partial charge in [-0.3, -0.25) is 0 Å².